The van der Waals surface area contributed by atoms with Gasteiger partial charge in [-0.25, -0.2) is 14.6 Å². The van der Waals surface area contributed by atoms with Crippen LogP contribution in [0.5, 0.6) is 11.5 Å². The number of ether oxygens (including phenoxy) is 3. The van der Waals surface area contributed by atoms with Gasteiger partial charge in [0.15, 0.2) is 0 Å². The first-order chi connectivity index (χ1) is 20.6. The molecule has 7 rings (SSSR count). The van der Waals surface area contributed by atoms with Crippen molar-refractivity contribution in [1.29, 1.82) is 0 Å². The minimum atomic E-state index is -1.50. The molecule has 4 amide bonds. The third-order valence-corrected chi connectivity index (χ3v) is 9.49. The van der Waals surface area contributed by atoms with Crippen LogP contribution in [0, 0.1) is 35.0 Å². The Kier molecular flexibility index (Phi) is 6.90. The normalized spacial score (nSPS) is 29.3. The van der Waals surface area contributed by atoms with Crippen molar-refractivity contribution in [1.82, 2.24) is 0 Å². The highest BCUT2D eigenvalue weighted by Crippen LogP contribution is 2.69. The molecule has 5 aliphatic rings. The van der Waals surface area contributed by atoms with E-state index in [0.717, 1.165) is 9.80 Å². The number of benzene rings is 2. The lowest BCUT2D eigenvalue weighted by Gasteiger charge is -2.55. The van der Waals surface area contributed by atoms with E-state index in [1.54, 1.807) is 83.1 Å². The van der Waals surface area contributed by atoms with E-state index in [1.165, 1.54) is 0 Å². The van der Waals surface area contributed by atoms with Gasteiger partial charge in [-0.3, -0.25) is 19.2 Å². The highest BCUT2D eigenvalue weighted by Gasteiger charge is 2.77. The number of carbonyl (C=O) groups excluding carboxylic acids is 5. The first-order valence-electron chi connectivity index (χ1n) is 14.7. The fraction of sp³-hybridized carbons (Fsp3) is 0.424. The summed E-state index contributed by atoms with van der Waals surface area (Å²) in [5.74, 6) is -6.84. The predicted octanol–water partition coefficient (Wildman–Crippen LogP) is 3.92. The van der Waals surface area contributed by atoms with Crippen LogP contribution in [-0.2, 0) is 28.7 Å². The lowest BCUT2D eigenvalue weighted by Crippen LogP contribution is -2.61. The number of anilines is 2. The van der Waals surface area contributed by atoms with Gasteiger partial charge in [0.2, 0.25) is 23.6 Å². The van der Waals surface area contributed by atoms with Crippen LogP contribution in [-0.4, -0.2) is 49.4 Å². The molecular weight excluding hydrogens is 552 g/mol. The van der Waals surface area contributed by atoms with E-state index in [2.05, 4.69) is 0 Å². The summed E-state index contributed by atoms with van der Waals surface area (Å²) < 4.78 is 17.0. The Hall–Kier alpha value is -4.47. The molecule has 10 nitrogen and oxygen atoms in total. The molecule has 2 aromatic rings. The quantitative estimate of drug-likeness (QED) is 0.337. The number of esters is 1. The van der Waals surface area contributed by atoms with Gasteiger partial charge in [-0.05, 0) is 52.0 Å². The fourth-order valence-electron chi connectivity index (χ4n) is 8.12. The number of nitrogens with zero attached hydrogens (tertiary/aromatic N) is 2. The van der Waals surface area contributed by atoms with Crippen molar-refractivity contribution in [3.63, 3.8) is 0 Å². The van der Waals surface area contributed by atoms with Gasteiger partial charge in [-0.2, -0.15) is 0 Å². The highest BCUT2D eigenvalue weighted by atomic mass is 16.5. The van der Waals surface area contributed by atoms with Crippen LogP contribution < -0.4 is 19.3 Å². The van der Waals surface area contributed by atoms with Crippen LogP contribution in [0.1, 0.15) is 34.6 Å². The Morgan fingerprint density at radius 2 is 1.14 bits per heavy atom. The first kappa shape index (κ1) is 28.6. The maximum absolute atomic E-state index is 14.4. The molecule has 2 heterocycles. The van der Waals surface area contributed by atoms with Crippen molar-refractivity contribution in [2.45, 2.75) is 34.6 Å². The highest BCUT2D eigenvalue weighted by molar-refractivity contribution is 6.28. The van der Waals surface area contributed by atoms with Crippen molar-refractivity contribution >= 4 is 41.0 Å². The molecule has 0 N–H and O–H groups in total. The second kappa shape index (κ2) is 10.4. The number of imide groups is 2. The lowest BCUT2D eigenvalue weighted by molar-refractivity contribution is -0.155. The van der Waals surface area contributed by atoms with Crippen LogP contribution in [0.25, 0.3) is 0 Å². The molecule has 10 heteroatoms. The molecule has 2 unspecified atom stereocenters. The van der Waals surface area contributed by atoms with Crippen LogP contribution in [0.3, 0.4) is 0 Å². The van der Waals surface area contributed by atoms with Crippen LogP contribution in [0.4, 0.5) is 11.4 Å². The predicted molar refractivity (Wildman–Crippen MR) is 155 cm³/mol. The number of allylic oxidation sites excluding steroid dienone is 1. The van der Waals surface area contributed by atoms with Crippen molar-refractivity contribution in [3.8, 4) is 11.5 Å². The van der Waals surface area contributed by atoms with Gasteiger partial charge in [0, 0.05) is 16.9 Å². The molecule has 0 aromatic heterocycles. The van der Waals surface area contributed by atoms with Gasteiger partial charge >= 0.3 is 5.97 Å². The molecule has 3 aliphatic carbocycles. The summed E-state index contributed by atoms with van der Waals surface area (Å²) in [4.78, 5) is 73.4. The molecule has 224 valence electrons. The van der Waals surface area contributed by atoms with E-state index < -0.39 is 64.6 Å². The van der Waals surface area contributed by atoms with E-state index in [1.807, 2.05) is 0 Å². The zero-order valence-corrected chi connectivity index (χ0v) is 24.8. The Morgan fingerprint density at radius 3 is 1.56 bits per heavy atom. The average Bonchev–Trinajstić information content (AvgIpc) is 3.40. The topological polar surface area (TPSA) is 120 Å². The Balaban J connectivity index is 1.54. The zero-order chi connectivity index (χ0) is 30.8. The van der Waals surface area contributed by atoms with Gasteiger partial charge in [0.05, 0.1) is 54.9 Å². The summed E-state index contributed by atoms with van der Waals surface area (Å²) >= 11 is 0. The van der Waals surface area contributed by atoms with Gasteiger partial charge < -0.3 is 14.2 Å². The molecule has 2 saturated heterocycles. The van der Waals surface area contributed by atoms with Gasteiger partial charge in [-0.15, -0.1) is 0 Å². The smallest absolute Gasteiger partial charge is 0.334 e. The molecule has 3 fully saturated rings. The van der Waals surface area contributed by atoms with Gasteiger partial charge in [0.1, 0.15) is 11.5 Å². The summed E-state index contributed by atoms with van der Waals surface area (Å²) in [5.41, 5.74) is -0.205. The number of hydrogen-bond acceptors (Lipinski definition) is 8. The second-order valence-electron chi connectivity index (χ2n) is 11.4. The number of para-hydroxylation sites is 4. The molecule has 2 bridgehead atoms. The van der Waals surface area contributed by atoms with E-state index in [-0.39, 0.29) is 12.2 Å². The minimum Gasteiger partial charge on any atom is -0.492 e. The third kappa shape index (κ3) is 3.74. The standard InChI is InChI=1S/C33H34N2O8/c1-6-41-20-15-11-9-13-18(20)34-28(36)23-22-17(4)25(32(40)43-8-3)33(5,26(23)30(34)38)27-24(22)29(37)35(31(27)39)19-14-10-12-16-21(19)42-7-2/h9-16,22-24,26-27H,6-8H2,1-5H3/t22?,23-,24+,26-,27-,33?/m1/s1. The summed E-state index contributed by atoms with van der Waals surface area (Å²) in [6, 6.07) is 13.6. The number of rotatable bonds is 8. The number of carbonyl (C=O) groups is 5. The molecule has 0 radical (unpaired) electrons. The second-order valence-corrected chi connectivity index (χ2v) is 11.4. The van der Waals surface area contributed by atoms with Crippen LogP contribution >= 0.6 is 0 Å². The van der Waals surface area contributed by atoms with Crippen molar-refractivity contribution in [2.75, 3.05) is 29.6 Å². The molecular formula is C33H34N2O8. The Morgan fingerprint density at radius 1 is 0.698 bits per heavy atom. The summed E-state index contributed by atoms with van der Waals surface area (Å²) in [5, 5.41) is 0. The van der Waals surface area contributed by atoms with Gasteiger partial charge in [0.25, 0.3) is 0 Å². The molecule has 2 aliphatic heterocycles. The van der Waals surface area contributed by atoms with E-state index in [4.69, 9.17) is 14.2 Å². The Labute approximate surface area is 249 Å². The van der Waals surface area contributed by atoms with Crippen LogP contribution in [0.15, 0.2) is 59.7 Å². The van der Waals surface area contributed by atoms with Crippen molar-refractivity contribution < 1.29 is 38.2 Å². The minimum absolute atomic E-state index is 0.0834. The number of hydrogen-bond donors (Lipinski definition) is 0. The van der Waals surface area contributed by atoms with Crippen molar-refractivity contribution in [2.24, 2.45) is 35.0 Å². The summed E-state index contributed by atoms with van der Waals surface area (Å²) in [6.07, 6.45) is 0. The number of amides is 4. The van der Waals surface area contributed by atoms with Gasteiger partial charge in [-0.1, -0.05) is 36.8 Å². The fourth-order valence-corrected chi connectivity index (χ4v) is 8.12. The first-order valence-corrected chi connectivity index (χ1v) is 14.7. The molecule has 2 aromatic carbocycles. The molecule has 1 saturated carbocycles. The van der Waals surface area contributed by atoms with E-state index in [9.17, 15) is 24.0 Å². The van der Waals surface area contributed by atoms with Crippen molar-refractivity contribution in [3.05, 3.63) is 59.7 Å². The average molecular weight is 587 g/mol. The summed E-state index contributed by atoms with van der Waals surface area (Å²) in [6.45, 7) is 9.39. The third-order valence-electron chi connectivity index (χ3n) is 9.49. The lowest BCUT2D eigenvalue weighted by atomic mass is 9.43. The Bertz CT molecular complexity index is 1500. The maximum atomic E-state index is 14.4. The monoisotopic (exact) mass is 586 g/mol. The maximum Gasteiger partial charge on any atom is 0.334 e. The van der Waals surface area contributed by atoms with E-state index >= 15 is 0 Å². The zero-order valence-electron chi connectivity index (χ0n) is 24.8. The van der Waals surface area contributed by atoms with E-state index in [0.29, 0.717) is 41.7 Å². The molecule has 6 atom stereocenters. The van der Waals surface area contributed by atoms with Crippen LogP contribution in [0.2, 0.25) is 0 Å². The SMILES string of the molecule is CCOC(=O)C1=C(C)C2[C@H]3C(=O)N(c4ccccc4OCC)C(=O)[C@@H]3C1(C)[C@H]1C(=O)N(c3ccccc3OCC)C(=O)[C@@H]21. The molecule has 0 spiro atoms. The molecule has 43 heavy (non-hydrogen) atoms. The largest absolute Gasteiger partial charge is 0.492 e. The summed E-state index contributed by atoms with van der Waals surface area (Å²) in [7, 11) is 0.